The topological polar surface area (TPSA) is 29.9 Å². The van der Waals surface area contributed by atoms with Crippen molar-refractivity contribution in [2.75, 3.05) is 18.4 Å². The van der Waals surface area contributed by atoms with Crippen LogP contribution in [0.25, 0.3) is 0 Å². The van der Waals surface area contributed by atoms with Crippen LogP contribution < -0.4 is 5.32 Å². The summed E-state index contributed by atoms with van der Waals surface area (Å²) in [6.45, 7) is 5.18. The van der Waals surface area contributed by atoms with Crippen molar-refractivity contribution in [2.24, 2.45) is 0 Å². The first-order valence-electron chi connectivity index (χ1n) is 5.09. The number of imidazole rings is 1. The Hall–Kier alpha value is -0.350. The molecule has 0 fully saturated rings. The third-order valence-electron chi connectivity index (χ3n) is 2.19. The van der Waals surface area contributed by atoms with Crippen molar-refractivity contribution in [2.45, 2.75) is 26.3 Å². The molecule has 0 aliphatic heterocycles. The molecular formula is C10H18BrN3. The summed E-state index contributed by atoms with van der Waals surface area (Å²) < 4.78 is 2.16. The van der Waals surface area contributed by atoms with Gasteiger partial charge in [-0.15, -0.1) is 0 Å². The molecule has 1 heterocycles. The number of nitrogens with one attached hydrogen (secondary N) is 1. The third kappa shape index (κ3) is 4.24. The third-order valence-corrected chi connectivity index (χ3v) is 2.75. The van der Waals surface area contributed by atoms with Gasteiger partial charge in [0, 0.05) is 30.8 Å². The van der Waals surface area contributed by atoms with E-state index in [0.717, 1.165) is 30.8 Å². The molecule has 4 heteroatoms. The highest BCUT2D eigenvalue weighted by atomic mass is 79.9. The summed E-state index contributed by atoms with van der Waals surface area (Å²) in [5.41, 5.74) is 0. The van der Waals surface area contributed by atoms with Crippen LogP contribution in [0, 0.1) is 6.92 Å². The number of aromatic nitrogens is 2. The van der Waals surface area contributed by atoms with Crippen molar-refractivity contribution in [3.63, 3.8) is 0 Å². The maximum Gasteiger partial charge on any atom is 0.105 e. The quantitative estimate of drug-likeness (QED) is 0.600. The fraction of sp³-hybridized carbons (Fsp3) is 0.700. The van der Waals surface area contributed by atoms with E-state index in [1.807, 2.05) is 19.3 Å². The molecule has 0 bridgehead atoms. The smallest absolute Gasteiger partial charge is 0.105 e. The standard InChI is InChI=1S/C10H18BrN3/c1-10-13-7-9-14(10)8-6-12-5-3-2-4-11/h7,9,12H,2-6,8H2,1H3. The van der Waals surface area contributed by atoms with E-state index in [1.165, 1.54) is 12.8 Å². The van der Waals surface area contributed by atoms with Crippen LogP contribution in [0.2, 0.25) is 0 Å². The van der Waals surface area contributed by atoms with E-state index in [-0.39, 0.29) is 0 Å². The minimum atomic E-state index is 1.01. The molecule has 14 heavy (non-hydrogen) atoms. The zero-order valence-electron chi connectivity index (χ0n) is 8.67. The molecule has 0 unspecified atom stereocenters. The SMILES string of the molecule is Cc1nccn1CCNCCCCBr. The lowest BCUT2D eigenvalue weighted by Crippen LogP contribution is -2.21. The molecule has 1 rings (SSSR count). The minimum absolute atomic E-state index is 1.01. The number of unbranched alkanes of at least 4 members (excludes halogenated alkanes) is 1. The van der Waals surface area contributed by atoms with E-state index in [4.69, 9.17) is 0 Å². The van der Waals surface area contributed by atoms with Gasteiger partial charge >= 0.3 is 0 Å². The van der Waals surface area contributed by atoms with Gasteiger partial charge in [-0.05, 0) is 26.3 Å². The van der Waals surface area contributed by atoms with E-state index >= 15 is 0 Å². The van der Waals surface area contributed by atoms with Gasteiger partial charge in [0.25, 0.3) is 0 Å². The zero-order valence-corrected chi connectivity index (χ0v) is 10.3. The molecule has 0 spiro atoms. The number of aryl methyl sites for hydroxylation is 1. The lowest BCUT2D eigenvalue weighted by atomic mass is 10.3. The van der Waals surface area contributed by atoms with Crippen LogP contribution in [0.3, 0.4) is 0 Å². The second-order valence-corrected chi connectivity index (χ2v) is 4.11. The number of halogens is 1. The Kier molecular flexibility index (Phi) is 5.87. The summed E-state index contributed by atoms with van der Waals surface area (Å²) in [6.07, 6.45) is 6.36. The van der Waals surface area contributed by atoms with Gasteiger partial charge in [0.05, 0.1) is 0 Å². The largest absolute Gasteiger partial charge is 0.334 e. The predicted octanol–water partition coefficient (Wildman–Crippen LogP) is 1.96. The number of hydrogen-bond acceptors (Lipinski definition) is 2. The fourth-order valence-electron chi connectivity index (χ4n) is 1.31. The number of rotatable bonds is 7. The highest BCUT2D eigenvalue weighted by Crippen LogP contribution is 1.94. The van der Waals surface area contributed by atoms with E-state index in [0.29, 0.717) is 0 Å². The molecule has 0 aliphatic rings. The summed E-state index contributed by atoms with van der Waals surface area (Å²) in [5, 5.41) is 4.52. The van der Waals surface area contributed by atoms with Crippen LogP contribution in [-0.2, 0) is 6.54 Å². The average molecular weight is 260 g/mol. The van der Waals surface area contributed by atoms with Crippen LogP contribution in [0.4, 0.5) is 0 Å². The normalized spacial score (nSPS) is 10.7. The lowest BCUT2D eigenvalue weighted by molar-refractivity contribution is 0.573. The summed E-state index contributed by atoms with van der Waals surface area (Å²) in [6, 6.07) is 0. The van der Waals surface area contributed by atoms with Gasteiger partial charge in [-0.3, -0.25) is 0 Å². The molecule has 1 N–H and O–H groups in total. The number of nitrogens with zero attached hydrogens (tertiary/aromatic N) is 2. The summed E-state index contributed by atoms with van der Waals surface area (Å²) in [7, 11) is 0. The Morgan fingerprint density at radius 2 is 2.29 bits per heavy atom. The van der Waals surface area contributed by atoms with E-state index < -0.39 is 0 Å². The van der Waals surface area contributed by atoms with Crippen molar-refractivity contribution in [1.29, 1.82) is 0 Å². The van der Waals surface area contributed by atoms with Crippen molar-refractivity contribution in [3.05, 3.63) is 18.2 Å². The second kappa shape index (κ2) is 7.01. The number of hydrogen-bond donors (Lipinski definition) is 1. The van der Waals surface area contributed by atoms with Crippen molar-refractivity contribution >= 4 is 15.9 Å². The zero-order chi connectivity index (χ0) is 10.2. The molecule has 0 amide bonds. The van der Waals surface area contributed by atoms with Gasteiger partial charge in [-0.25, -0.2) is 4.98 Å². The van der Waals surface area contributed by atoms with Crippen molar-refractivity contribution in [3.8, 4) is 0 Å². The molecule has 0 saturated heterocycles. The van der Waals surface area contributed by atoms with Gasteiger partial charge in [0.1, 0.15) is 5.82 Å². The lowest BCUT2D eigenvalue weighted by Gasteiger charge is -2.06. The van der Waals surface area contributed by atoms with E-state index in [2.05, 4.69) is 30.8 Å². The Bertz CT molecular complexity index is 247. The monoisotopic (exact) mass is 259 g/mol. The first-order valence-corrected chi connectivity index (χ1v) is 6.21. The number of alkyl halides is 1. The van der Waals surface area contributed by atoms with Gasteiger partial charge in [0.2, 0.25) is 0 Å². The molecule has 0 aliphatic carbocycles. The maximum absolute atomic E-state index is 4.17. The van der Waals surface area contributed by atoms with Crippen LogP contribution >= 0.6 is 15.9 Å². The first kappa shape index (κ1) is 11.7. The van der Waals surface area contributed by atoms with Crippen LogP contribution in [0.15, 0.2) is 12.4 Å². The van der Waals surface area contributed by atoms with Gasteiger partial charge in [-0.1, -0.05) is 15.9 Å². The van der Waals surface area contributed by atoms with Crippen LogP contribution in [0.1, 0.15) is 18.7 Å². The summed E-state index contributed by atoms with van der Waals surface area (Å²) in [4.78, 5) is 4.17. The molecule has 3 nitrogen and oxygen atoms in total. The highest BCUT2D eigenvalue weighted by Gasteiger charge is 1.94. The predicted molar refractivity (Wildman–Crippen MR) is 62.9 cm³/mol. The summed E-state index contributed by atoms with van der Waals surface area (Å²) in [5.74, 6) is 1.09. The first-order chi connectivity index (χ1) is 6.84. The molecular weight excluding hydrogens is 242 g/mol. The van der Waals surface area contributed by atoms with Gasteiger partial charge < -0.3 is 9.88 Å². The van der Waals surface area contributed by atoms with Gasteiger partial charge in [-0.2, -0.15) is 0 Å². The minimum Gasteiger partial charge on any atom is -0.334 e. The summed E-state index contributed by atoms with van der Waals surface area (Å²) >= 11 is 3.42. The van der Waals surface area contributed by atoms with E-state index in [9.17, 15) is 0 Å². The van der Waals surface area contributed by atoms with Crippen molar-refractivity contribution < 1.29 is 0 Å². The van der Waals surface area contributed by atoms with E-state index in [1.54, 1.807) is 0 Å². The molecule has 0 saturated carbocycles. The van der Waals surface area contributed by atoms with Crippen LogP contribution in [0.5, 0.6) is 0 Å². The second-order valence-electron chi connectivity index (χ2n) is 3.31. The van der Waals surface area contributed by atoms with Crippen LogP contribution in [-0.4, -0.2) is 28.0 Å². The molecule has 1 aromatic rings. The molecule has 0 radical (unpaired) electrons. The molecule has 0 aromatic carbocycles. The van der Waals surface area contributed by atoms with Crippen molar-refractivity contribution in [1.82, 2.24) is 14.9 Å². The molecule has 80 valence electrons. The molecule has 0 atom stereocenters. The van der Waals surface area contributed by atoms with Gasteiger partial charge in [0.15, 0.2) is 0 Å². The maximum atomic E-state index is 4.17. The Morgan fingerprint density at radius 1 is 1.43 bits per heavy atom. The molecule has 1 aromatic heterocycles. The Balaban J connectivity index is 2.02. The average Bonchev–Trinajstić information content (AvgIpc) is 2.58. The Labute approximate surface area is 94.0 Å². The Morgan fingerprint density at radius 3 is 2.93 bits per heavy atom. The highest BCUT2D eigenvalue weighted by molar-refractivity contribution is 9.09. The fourth-order valence-corrected chi connectivity index (χ4v) is 1.71.